The Morgan fingerprint density at radius 1 is 1.64 bits per heavy atom. The van der Waals surface area contributed by atoms with Crippen molar-refractivity contribution in [2.24, 2.45) is 0 Å². The Kier molecular flexibility index (Phi) is 2.02. The van der Waals surface area contributed by atoms with Crippen molar-refractivity contribution in [3.8, 4) is 0 Å². The zero-order valence-electron chi connectivity index (χ0n) is 7.12. The predicted molar refractivity (Wildman–Crippen MR) is 44.8 cm³/mol. The second-order valence-electron chi connectivity index (χ2n) is 2.74. The highest BCUT2D eigenvalue weighted by Crippen LogP contribution is 2.01. The van der Waals surface area contributed by atoms with Crippen LogP contribution in [-0.4, -0.2) is 26.0 Å². The molecule has 2 aromatic rings. The van der Waals surface area contributed by atoms with E-state index in [4.69, 9.17) is 5.11 Å². The number of carboxylic acid groups (broad SMARTS) is 1. The molecule has 0 saturated heterocycles. The lowest BCUT2D eigenvalue weighted by Crippen LogP contribution is -2.03. The lowest BCUT2D eigenvalue weighted by Gasteiger charge is -1.95. The molecule has 0 unspecified atom stereocenters. The van der Waals surface area contributed by atoms with Gasteiger partial charge in [0.2, 0.25) is 0 Å². The van der Waals surface area contributed by atoms with Crippen LogP contribution in [-0.2, 0) is 6.54 Å². The van der Waals surface area contributed by atoms with Crippen LogP contribution >= 0.6 is 0 Å². The zero-order valence-corrected chi connectivity index (χ0v) is 7.12. The summed E-state index contributed by atoms with van der Waals surface area (Å²) in [7, 11) is 0. The Bertz CT molecular complexity index is 432. The lowest BCUT2D eigenvalue weighted by atomic mass is 10.4. The standard InChI is InChI=1S/C8H7N3O3/c12-8(13)7-1-2-11(10-7)4-6-3-9-14-5-6/h1-3,5H,4H2,(H,12,13). The van der Waals surface area contributed by atoms with Crippen LogP contribution < -0.4 is 0 Å². The Hall–Kier alpha value is -2.11. The van der Waals surface area contributed by atoms with Crippen LogP contribution in [0.5, 0.6) is 0 Å². The van der Waals surface area contributed by atoms with Crippen LogP contribution in [0.15, 0.2) is 29.2 Å². The third-order valence-electron chi connectivity index (χ3n) is 1.69. The fourth-order valence-corrected chi connectivity index (χ4v) is 1.06. The molecule has 0 amide bonds. The normalized spacial score (nSPS) is 10.3. The van der Waals surface area contributed by atoms with Crippen molar-refractivity contribution < 1.29 is 14.4 Å². The molecule has 2 heterocycles. The molecule has 1 N–H and O–H groups in total. The molecule has 0 aliphatic rings. The number of hydrogen-bond donors (Lipinski definition) is 1. The summed E-state index contributed by atoms with van der Waals surface area (Å²) in [6.07, 6.45) is 4.64. The topological polar surface area (TPSA) is 81.1 Å². The van der Waals surface area contributed by atoms with E-state index in [1.807, 2.05) is 0 Å². The van der Waals surface area contributed by atoms with E-state index in [-0.39, 0.29) is 5.69 Å². The Labute approximate surface area is 78.7 Å². The molecule has 2 aromatic heterocycles. The molecule has 0 aromatic carbocycles. The molecule has 0 aliphatic carbocycles. The van der Waals surface area contributed by atoms with Gasteiger partial charge in [-0.05, 0) is 6.07 Å². The lowest BCUT2D eigenvalue weighted by molar-refractivity contribution is 0.0689. The third-order valence-corrected chi connectivity index (χ3v) is 1.69. The number of carboxylic acids is 1. The molecule has 72 valence electrons. The summed E-state index contributed by atoms with van der Waals surface area (Å²) in [4.78, 5) is 10.5. The highest BCUT2D eigenvalue weighted by atomic mass is 16.5. The van der Waals surface area contributed by atoms with E-state index >= 15 is 0 Å². The number of nitrogens with zero attached hydrogens (tertiary/aromatic N) is 3. The number of aromatic carboxylic acids is 1. The minimum Gasteiger partial charge on any atom is -0.476 e. The van der Waals surface area contributed by atoms with Crippen molar-refractivity contribution in [2.75, 3.05) is 0 Å². The minimum atomic E-state index is -1.03. The molecule has 0 atom stereocenters. The minimum absolute atomic E-state index is 0.0291. The van der Waals surface area contributed by atoms with E-state index < -0.39 is 5.97 Å². The first kappa shape index (κ1) is 8.49. The summed E-state index contributed by atoms with van der Waals surface area (Å²) < 4.78 is 6.14. The molecule has 2 rings (SSSR count). The fraction of sp³-hybridized carbons (Fsp3) is 0.125. The summed E-state index contributed by atoms with van der Waals surface area (Å²) in [6, 6.07) is 1.44. The molecular weight excluding hydrogens is 186 g/mol. The van der Waals surface area contributed by atoms with Crippen LogP contribution in [0, 0.1) is 0 Å². The Morgan fingerprint density at radius 3 is 3.07 bits per heavy atom. The van der Waals surface area contributed by atoms with E-state index in [0.29, 0.717) is 6.54 Å². The zero-order chi connectivity index (χ0) is 9.97. The molecule has 0 bridgehead atoms. The maximum absolute atomic E-state index is 10.5. The van der Waals surface area contributed by atoms with Crippen molar-refractivity contribution in [3.63, 3.8) is 0 Å². The fourth-order valence-electron chi connectivity index (χ4n) is 1.06. The first-order valence-corrected chi connectivity index (χ1v) is 3.91. The largest absolute Gasteiger partial charge is 0.476 e. The van der Waals surface area contributed by atoms with Gasteiger partial charge in [0.25, 0.3) is 0 Å². The van der Waals surface area contributed by atoms with Crippen LogP contribution in [0.3, 0.4) is 0 Å². The van der Waals surface area contributed by atoms with E-state index in [1.165, 1.54) is 17.0 Å². The van der Waals surface area contributed by atoms with E-state index in [9.17, 15) is 4.79 Å². The van der Waals surface area contributed by atoms with Crippen LogP contribution in [0.25, 0.3) is 0 Å². The summed E-state index contributed by atoms with van der Waals surface area (Å²) in [5.41, 5.74) is 0.867. The Morgan fingerprint density at radius 2 is 2.50 bits per heavy atom. The first-order valence-electron chi connectivity index (χ1n) is 3.91. The van der Waals surface area contributed by atoms with Crippen molar-refractivity contribution in [1.82, 2.24) is 14.9 Å². The molecule has 0 aliphatic heterocycles. The SMILES string of the molecule is O=C(O)c1ccn(Cc2cnoc2)n1. The van der Waals surface area contributed by atoms with Gasteiger partial charge in [0.15, 0.2) is 5.69 Å². The smallest absolute Gasteiger partial charge is 0.356 e. The summed E-state index contributed by atoms with van der Waals surface area (Å²) in [5, 5.41) is 16.0. The number of carbonyl (C=O) groups is 1. The van der Waals surface area contributed by atoms with Crippen molar-refractivity contribution >= 4 is 5.97 Å². The van der Waals surface area contributed by atoms with Gasteiger partial charge in [-0.3, -0.25) is 4.68 Å². The second-order valence-corrected chi connectivity index (χ2v) is 2.74. The van der Waals surface area contributed by atoms with E-state index in [2.05, 4.69) is 14.8 Å². The van der Waals surface area contributed by atoms with Gasteiger partial charge in [0.05, 0.1) is 12.7 Å². The van der Waals surface area contributed by atoms with Gasteiger partial charge in [-0.2, -0.15) is 5.10 Å². The number of hydrogen-bond acceptors (Lipinski definition) is 4. The molecule has 0 fully saturated rings. The van der Waals surface area contributed by atoms with Gasteiger partial charge in [-0.15, -0.1) is 0 Å². The molecule has 0 radical (unpaired) electrons. The van der Waals surface area contributed by atoms with Gasteiger partial charge < -0.3 is 9.63 Å². The Balaban J connectivity index is 2.14. The van der Waals surface area contributed by atoms with Gasteiger partial charge >= 0.3 is 5.97 Å². The van der Waals surface area contributed by atoms with Crippen molar-refractivity contribution in [1.29, 1.82) is 0 Å². The molecule has 6 nitrogen and oxygen atoms in total. The average molecular weight is 193 g/mol. The maximum atomic E-state index is 10.5. The molecular formula is C8H7N3O3. The van der Waals surface area contributed by atoms with Crippen LogP contribution in [0.4, 0.5) is 0 Å². The van der Waals surface area contributed by atoms with Gasteiger partial charge in [-0.1, -0.05) is 5.16 Å². The molecule has 0 saturated carbocycles. The first-order chi connectivity index (χ1) is 6.75. The quantitative estimate of drug-likeness (QED) is 0.772. The summed E-state index contributed by atoms with van der Waals surface area (Å²) in [6.45, 7) is 0.455. The third kappa shape index (κ3) is 1.63. The van der Waals surface area contributed by atoms with Crippen LogP contribution in [0.1, 0.15) is 16.1 Å². The highest BCUT2D eigenvalue weighted by molar-refractivity contribution is 5.85. The summed E-state index contributed by atoms with van der Waals surface area (Å²) >= 11 is 0. The van der Waals surface area contributed by atoms with Crippen molar-refractivity contribution in [3.05, 3.63) is 36.0 Å². The van der Waals surface area contributed by atoms with E-state index in [0.717, 1.165) is 5.56 Å². The maximum Gasteiger partial charge on any atom is 0.356 e. The average Bonchev–Trinajstić information content (AvgIpc) is 2.75. The van der Waals surface area contributed by atoms with Gasteiger partial charge in [0, 0.05) is 11.8 Å². The van der Waals surface area contributed by atoms with Crippen molar-refractivity contribution in [2.45, 2.75) is 6.54 Å². The van der Waals surface area contributed by atoms with Crippen LogP contribution in [0.2, 0.25) is 0 Å². The predicted octanol–water partition coefficient (Wildman–Crippen LogP) is 0.618. The summed E-state index contributed by atoms with van der Waals surface area (Å²) in [5.74, 6) is -1.03. The van der Waals surface area contributed by atoms with Gasteiger partial charge in [-0.25, -0.2) is 4.79 Å². The molecule has 6 heteroatoms. The van der Waals surface area contributed by atoms with Gasteiger partial charge in [0.1, 0.15) is 6.26 Å². The number of rotatable bonds is 3. The molecule has 0 spiro atoms. The second kappa shape index (κ2) is 3.33. The highest BCUT2D eigenvalue weighted by Gasteiger charge is 2.06. The van der Waals surface area contributed by atoms with E-state index in [1.54, 1.807) is 12.4 Å². The molecule has 14 heavy (non-hydrogen) atoms. The number of aromatic nitrogens is 3. The monoisotopic (exact) mass is 193 g/mol.